The SMILES string of the molecule is Cc1cccc(NCC(=O)Nc2ccc(CC#N)cc2)c1C. The van der Waals surface area contributed by atoms with Gasteiger partial charge in [-0.3, -0.25) is 4.79 Å². The van der Waals surface area contributed by atoms with Crippen molar-refractivity contribution in [1.29, 1.82) is 5.26 Å². The maximum atomic E-state index is 12.0. The normalized spacial score (nSPS) is 9.86. The van der Waals surface area contributed by atoms with Crippen molar-refractivity contribution in [2.75, 3.05) is 17.2 Å². The lowest BCUT2D eigenvalue weighted by Gasteiger charge is -2.11. The number of nitrogens with zero attached hydrogens (tertiary/aromatic N) is 1. The Morgan fingerprint density at radius 1 is 1.14 bits per heavy atom. The highest BCUT2D eigenvalue weighted by Crippen LogP contribution is 2.17. The summed E-state index contributed by atoms with van der Waals surface area (Å²) >= 11 is 0. The third-order valence-electron chi connectivity index (χ3n) is 3.56. The minimum atomic E-state index is -0.103. The highest BCUT2D eigenvalue weighted by Gasteiger charge is 2.05. The molecule has 4 heteroatoms. The maximum absolute atomic E-state index is 12.0. The largest absolute Gasteiger partial charge is 0.376 e. The third-order valence-corrected chi connectivity index (χ3v) is 3.56. The molecule has 2 aromatic rings. The van der Waals surface area contributed by atoms with E-state index in [1.54, 1.807) is 0 Å². The van der Waals surface area contributed by atoms with Crippen LogP contribution in [-0.4, -0.2) is 12.5 Å². The molecule has 2 N–H and O–H groups in total. The van der Waals surface area contributed by atoms with Gasteiger partial charge in [-0.2, -0.15) is 5.26 Å². The standard InChI is InChI=1S/C18H19N3O/c1-13-4-3-5-17(14(13)2)20-12-18(22)21-16-8-6-15(7-9-16)10-11-19/h3-9,20H,10,12H2,1-2H3,(H,21,22). The van der Waals surface area contributed by atoms with E-state index in [-0.39, 0.29) is 12.5 Å². The molecule has 0 aliphatic heterocycles. The van der Waals surface area contributed by atoms with Gasteiger partial charge in [-0.25, -0.2) is 0 Å². The summed E-state index contributed by atoms with van der Waals surface area (Å²) in [7, 11) is 0. The molecule has 1 amide bonds. The van der Waals surface area contributed by atoms with Crippen molar-refractivity contribution in [1.82, 2.24) is 0 Å². The number of nitrogens with one attached hydrogen (secondary N) is 2. The molecule has 0 heterocycles. The maximum Gasteiger partial charge on any atom is 0.243 e. The molecule has 0 fully saturated rings. The van der Waals surface area contributed by atoms with Gasteiger partial charge >= 0.3 is 0 Å². The minimum absolute atomic E-state index is 0.103. The highest BCUT2D eigenvalue weighted by atomic mass is 16.1. The fourth-order valence-corrected chi connectivity index (χ4v) is 2.12. The van der Waals surface area contributed by atoms with E-state index in [9.17, 15) is 4.79 Å². The van der Waals surface area contributed by atoms with Gasteiger partial charge in [0.2, 0.25) is 5.91 Å². The van der Waals surface area contributed by atoms with Crippen molar-refractivity contribution in [3.05, 3.63) is 59.2 Å². The van der Waals surface area contributed by atoms with Crippen LogP contribution in [0, 0.1) is 25.2 Å². The average molecular weight is 293 g/mol. The number of rotatable bonds is 5. The molecule has 0 aromatic heterocycles. The van der Waals surface area contributed by atoms with E-state index in [0.29, 0.717) is 6.42 Å². The molecular weight excluding hydrogens is 274 g/mol. The summed E-state index contributed by atoms with van der Waals surface area (Å²) < 4.78 is 0. The van der Waals surface area contributed by atoms with Crippen LogP contribution in [0.1, 0.15) is 16.7 Å². The molecule has 2 rings (SSSR count). The zero-order valence-corrected chi connectivity index (χ0v) is 12.8. The smallest absolute Gasteiger partial charge is 0.243 e. The second-order valence-electron chi connectivity index (χ2n) is 5.18. The lowest BCUT2D eigenvalue weighted by molar-refractivity contribution is -0.114. The molecule has 0 radical (unpaired) electrons. The van der Waals surface area contributed by atoms with Crippen molar-refractivity contribution in [3.63, 3.8) is 0 Å². The van der Waals surface area contributed by atoms with Crippen LogP contribution in [0.4, 0.5) is 11.4 Å². The number of aryl methyl sites for hydroxylation is 1. The summed E-state index contributed by atoms with van der Waals surface area (Å²) in [6, 6.07) is 15.4. The molecule has 0 atom stereocenters. The third kappa shape index (κ3) is 4.10. The van der Waals surface area contributed by atoms with Crippen LogP contribution >= 0.6 is 0 Å². The Morgan fingerprint density at radius 2 is 1.86 bits per heavy atom. The Kier molecular flexibility index (Phi) is 5.16. The predicted octanol–water partition coefficient (Wildman–Crippen LogP) is 3.42. The predicted molar refractivity (Wildman–Crippen MR) is 88.8 cm³/mol. The molecule has 0 saturated carbocycles. The highest BCUT2D eigenvalue weighted by molar-refractivity contribution is 5.93. The van der Waals surface area contributed by atoms with Gasteiger partial charge in [0.15, 0.2) is 0 Å². The number of benzene rings is 2. The number of carbonyl (C=O) groups is 1. The first-order valence-electron chi connectivity index (χ1n) is 7.16. The fraction of sp³-hybridized carbons (Fsp3) is 0.222. The van der Waals surface area contributed by atoms with Gasteiger partial charge in [0.1, 0.15) is 0 Å². The summed E-state index contributed by atoms with van der Waals surface area (Å²) in [6.07, 6.45) is 0.377. The zero-order valence-electron chi connectivity index (χ0n) is 12.8. The minimum Gasteiger partial charge on any atom is -0.376 e. The van der Waals surface area contributed by atoms with E-state index in [1.165, 1.54) is 5.56 Å². The average Bonchev–Trinajstić information content (AvgIpc) is 2.51. The van der Waals surface area contributed by atoms with E-state index >= 15 is 0 Å². The van der Waals surface area contributed by atoms with Gasteiger partial charge in [-0.05, 0) is 48.7 Å². The fourth-order valence-electron chi connectivity index (χ4n) is 2.12. The summed E-state index contributed by atoms with van der Waals surface area (Å²) in [5.41, 5.74) is 4.98. The van der Waals surface area contributed by atoms with E-state index in [1.807, 2.05) is 56.3 Å². The summed E-state index contributed by atoms with van der Waals surface area (Å²) in [6.45, 7) is 4.29. The van der Waals surface area contributed by atoms with Crippen LogP contribution < -0.4 is 10.6 Å². The van der Waals surface area contributed by atoms with Crippen molar-refractivity contribution < 1.29 is 4.79 Å². The van der Waals surface area contributed by atoms with E-state index in [2.05, 4.69) is 16.7 Å². The zero-order chi connectivity index (χ0) is 15.9. The molecule has 0 saturated heterocycles. The van der Waals surface area contributed by atoms with Crippen LogP contribution in [0.2, 0.25) is 0 Å². The first-order chi connectivity index (χ1) is 10.6. The number of hydrogen-bond donors (Lipinski definition) is 2. The molecule has 0 aliphatic carbocycles. The first kappa shape index (κ1) is 15.6. The lowest BCUT2D eigenvalue weighted by Crippen LogP contribution is -2.22. The van der Waals surface area contributed by atoms with Crippen LogP contribution in [0.15, 0.2) is 42.5 Å². The summed E-state index contributed by atoms with van der Waals surface area (Å²) in [5.74, 6) is -0.103. The Balaban J connectivity index is 1.90. The number of anilines is 2. The topological polar surface area (TPSA) is 64.9 Å². The number of amides is 1. The van der Waals surface area contributed by atoms with Crippen LogP contribution in [0.3, 0.4) is 0 Å². The van der Waals surface area contributed by atoms with Gasteiger partial charge in [0.25, 0.3) is 0 Å². The molecule has 2 aromatic carbocycles. The Hall–Kier alpha value is -2.80. The Labute approximate surface area is 130 Å². The van der Waals surface area contributed by atoms with Gasteiger partial charge in [0.05, 0.1) is 19.0 Å². The molecule has 0 unspecified atom stereocenters. The van der Waals surface area contributed by atoms with E-state index < -0.39 is 0 Å². The van der Waals surface area contributed by atoms with Crippen molar-refractivity contribution in [2.24, 2.45) is 0 Å². The Morgan fingerprint density at radius 3 is 2.55 bits per heavy atom. The number of nitriles is 1. The van der Waals surface area contributed by atoms with Gasteiger partial charge < -0.3 is 10.6 Å². The molecular formula is C18H19N3O. The van der Waals surface area contributed by atoms with E-state index in [0.717, 1.165) is 22.5 Å². The second kappa shape index (κ2) is 7.28. The van der Waals surface area contributed by atoms with Gasteiger partial charge in [-0.1, -0.05) is 24.3 Å². The molecule has 4 nitrogen and oxygen atoms in total. The molecule has 112 valence electrons. The van der Waals surface area contributed by atoms with Crippen LogP contribution in [0.25, 0.3) is 0 Å². The summed E-state index contributed by atoms with van der Waals surface area (Å²) in [4.78, 5) is 12.0. The van der Waals surface area contributed by atoms with E-state index in [4.69, 9.17) is 5.26 Å². The monoisotopic (exact) mass is 293 g/mol. The molecule has 0 spiro atoms. The molecule has 0 bridgehead atoms. The quantitative estimate of drug-likeness (QED) is 0.887. The molecule has 0 aliphatic rings. The van der Waals surface area contributed by atoms with Crippen LogP contribution in [-0.2, 0) is 11.2 Å². The second-order valence-corrected chi connectivity index (χ2v) is 5.18. The lowest BCUT2D eigenvalue weighted by atomic mass is 10.1. The van der Waals surface area contributed by atoms with Crippen molar-refractivity contribution >= 4 is 17.3 Å². The summed E-state index contributed by atoms with van der Waals surface area (Å²) in [5, 5.41) is 14.6. The van der Waals surface area contributed by atoms with Crippen molar-refractivity contribution in [2.45, 2.75) is 20.3 Å². The van der Waals surface area contributed by atoms with Gasteiger partial charge in [-0.15, -0.1) is 0 Å². The number of hydrogen-bond acceptors (Lipinski definition) is 3. The number of carbonyl (C=O) groups excluding carboxylic acids is 1. The first-order valence-corrected chi connectivity index (χ1v) is 7.16. The van der Waals surface area contributed by atoms with Gasteiger partial charge in [0, 0.05) is 11.4 Å². The van der Waals surface area contributed by atoms with Crippen molar-refractivity contribution in [3.8, 4) is 6.07 Å². The molecule has 22 heavy (non-hydrogen) atoms. The van der Waals surface area contributed by atoms with Crippen LogP contribution in [0.5, 0.6) is 0 Å². The Bertz CT molecular complexity index is 699.